The third kappa shape index (κ3) is 8.85. The number of nitrogens with one attached hydrogen (secondary N) is 1. The number of hydrogen-bond acceptors (Lipinski definition) is 4. The molecule has 48 heavy (non-hydrogen) atoms. The molecule has 9 heteroatoms. The molecule has 0 saturated heterocycles. The van der Waals surface area contributed by atoms with E-state index in [-0.39, 0.29) is 35.5 Å². The summed E-state index contributed by atoms with van der Waals surface area (Å²) < 4.78 is 29.7. The van der Waals surface area contributed by atoms with Crippen molar-refractivity contribution in [3.05, 3.63) is 130 Å². The van der Waals surface area contributed by atoms with E-state index >= 15 is 0 Å². The summed E-state index contributed by atoms with van der Waals surface area (Å²) >= 11 is 6.50. The molecule has 252 valence electrons. The number of aryl methyl sites for hydroxylation is 3. The van der Waals surface area contributed by atoms with Gasteiger partial charge in [-0.25, -0.2) is 8.42 Å². The van der Waals surface area contributed by atoms with Crippen molar-refractivity contribution < 1.29 is 18.0 Å². The zero-order valence-electron chi connectivity index (χ0n) is 27.9. The number of benzene rings is 4. The molecular formula is C39H44ClN3O4S. The topological polar surface area (TPSA) is 86.8 Å². The van der Waals surface area contributed by atoms with Gasteiger partial charge in [0.05, 0.1) is 10.6 Å². The van der Waals surface area contributed by atoms with Crippen LogP contribution in [-0.4, -0.2) is 43.8 Å². The average molecular weight is 686 g/mol. The molecule has 1 aliphatic rings. The summed E-state index contributed by atoms with van der Waals surface area (Å²) in [5, 5.41) is 3.63. The molecule has 0 heterocycles. The van der Waals surface area contributed by atoms with E-state index < -0.39 is 28.5 Å². The first-order chi connectivity index (χ1) is 23.0. The number of carbonyl (C=O) groups is 2. The van der Waals surface area contributed by atoms with E-state index in [4.69, 9.17) is 11.6 Å². The largest absolute Gasteiger partial charge is 0.352 e. The lowest BCUT2D eigenvalue weighted by Gasteiger charge is -2.35. The number of amides is 2. The van der Waals surface area contributed by atoms with E-state index in [2.05, 4.69) is 5.32 Å². The van der Waals surface area contributed by atoms with E-state index in [9.17, 15) is 18.0 Å². The Morgan fingerprint density at radius 3 is 2.17 bits per heavy atom. The molecule has 1 aliphatic carbocycles. The van der Waals surface area contributed by atoms with Gasteiger partial charge in [0.2, 0.25) is 11.8 Å². The molecule has 4 aromatic carbocycles. The second kappa shape index (κ2) is 15.8. The Kier molecular flexibility index (Phi) is 11.6. The lowest BCUT2D eigenvalue weighted by molar-refractivity contribution is -0.140. The highest BCUT2D eigenvalue weighted by molar-refractivity contribution is 7.92. The Labute approximate surface area is 290 Å². The van der Waals surface area contributed by atoms with Crippen molar-refractivity contribution in [1.82, 2.24) is 10.2 Å². The van der Waals surface area contributed by atoms with Crippen molar-refractivity contribution in [2.75, 3.05) is 10.8 Å². The number of nitrogens with zero attached hydrogens (tertiary/aromatic N) is 2. The van der Waals surface area contributed by atoms with E-state index in [0.29, 0.717) is 5.02 Å². The van der Waals surface area contributed by atoms with Crippen LogP contribution in [0.2, 0.25) is 5.02 Å². The van der Waals surface area contributed by atoms with Gasteiger partial charge in [-0.05, 0) is 74.6 Å². The quantitative estimate of drug-likeness (QED) is 0.167. The predicted molar refractivity (Wildman–Crippen MR) is 193 cm³/mol. The van der Waals surface area contributed by atoms with Crippen LogP contribution in [0.15, 0.2) is 102 Å². The standard InChI is InChI=1S/C39H44ClN3O4S/c1-28-17-21-35(22-18-28)48(46,47)43(34-20-19-30(3)36(40)25-34)27-38(44)42(26-32-14-10-11-29(2)23-32)37(24-31-12-6-4-7-13-31)39(45)41-33-15-8-5-9-16-33/h4,6-7,10-14,17-23,25,33,37H,5,8-9,15-16,24,26-27H2,1-3H3,(H,41,45)/t37-/m1/s1. The van der Waals surface area contributed by atoms with Gasteiger partial charge in [0.1, 0.15) is 12.6 Å². The van der Waals surface area contributed by atoms with Crippen LogP contribution in [0.1, 0.15) is 59.9 Å². The summed E-state index contributed by atoms with van der Waals surface area (Å²) in [5.74, 6) is -0.735. The molecule has 5 rings (SSSR count). The molecule has 1 fully saturated rings. The van der Waals surface area contributed by atoms with Gasteiger partial charge < -0.3 is 10.2 Å². The second-order valence-corrected chi connectivity index (χ2v) is 15.1. The minimum absolute atomic E-state index is 0.0357. The molecule has 1 atom stereocenters. The number of rotatable bonds is 12. The van der Waals surface area contributed by atoms with Gasteiger partial charge in [0.25, 0.3) is 10.0 Å². The molecule has 1 saturated carbocycles. The Morgan fingerprint density at radius 1 is 0.812 bits per heavy atom. The zero-order valence-corrected chi connectivity index (χ0v) is 29.4. The Balaban J connectivity index is 1.58. The fourth-order valence-electron chi connectivity index (χ4n) is 6.21. The molecule has 2 amide bonds. The number of halogens is 1. The first-order valence-electron chi connectivity index (χ1n) is 16.6. The van der Waals surface area contributed by atoms with E-state index in [1.54, 1.807) is 35.2 Å². The Morgan fingerprint density at radius 2 is 1.50 bits per heavy atom. The molecule has 0 spiro atoms. The van der Waals surface area contributed by atoms with E-state index in [1.807, 2.05) is 75.4 Å². The van der Waals surface area contributed by atoms with Crippen molar-refractivity contribution in [2.24, 2.45) is 0 Å². The number of anilines is 1. The summed E-state index contributed by atoms with van der Waals surface area (Å²) in [4.78, 5) is 30.6. The maximum Gasteiger partial charge on any atom is 0.264 e. The highest BCUT2D eigenvalue weighted by Gasteiger charge is 2.35. The van der Waals surface area contributed by atoms with Gasteiger partial charge in [0, 0.05) is 24.0 Å². The lowest BCUT2D eigenvalue weighted by atomic mass is 9.94. The zero-order chi connectivity index (χ0) is 34.3. The number of carbonyl (C=O) groups excluding carboxylic acids is 2. The van der Waals surface area contributed by atoms with Gasteiger partial charge >= 0.3 is 0 Å². The molecule has 0 bridgehead atoms. The lowest BCUT2D eigenvalue weighted by Crippen LogP contribution is -2.55. The molecule has 4 aromatic rings. The average Bonchev–Trinajstić information content (AvgIpc) is 3.07. The van der Waals surface area contributed by atoms with Crippen LogP contribution < -0.4 is 9.62 Å². The summed E-state index contributed by atoms with van der Waals surface area (Å²) in [6.07, 6.45) is 5.30. The third-order valence-corrected chi connectivity index (χ3v) is 11.2. The number of hydrogen-bond donors (Lipinski definition) is 1. The minimum Gasteiger partial charge on any atom is -0.352 e. The molecule has 0 aromatic heterocycles. The van der Waals surface area contributed by atoms with Crippen LogP contribution in [0.25, 0.3) is 0 Å². The van der Waals surface area contributed by atoms with Crippen LogP contribution in [0.3, 0.4) is 0 Å². The Hall–Kier alpha value is -4.14. The molecule has 7 nitrogen and oxygen atoms in total. The molecule has 0 radical (unpaired) electrons. The normalized spacial score (nSPS) is 14.2. The molecular weight excluding hydrogens is 642 g/mol. The molecule has 0 aliphatic heterocycles. The fraction of sp³-hybridized carbons (Fsp3) is 0.333. The molecule has 1 N–H and O–H groups in total. The third-order valence-electron chi connectivity index (χ3n) is 8.99. The van der Waals surface area contributed by atoms with Gasteiger partial charge in [0.15, 0.2) is 0 Å². The summed E-state index contributed by atoms with van der Waals surface area (Å²) in [5.41, 5.74) is 4.72. The van der Waals surface area contributed by atoms with Crippen molar-refractivity contribution in [2.45, 2.75) is 82.8 Å². The maximum atomic E-state index is 14.7. The first-order valence-corrected chi connectivity index (χ1v) is 18.4. The smallest absolute Gasteiger partial charge is 0.264 e. The predicted octanol–water partition coefficient (Wildman–Crippen LogP) is 7.55. The maximum absolute atomic E-state index is 14.7. The van der Waals surface area contributed by atoms with Crippen LogP contribution >= 0.6 is 11.6 Å². The summed E-state index contributed by atoms with van der Waals surface area (Å²) in [7, 11) is -4.21. The van der Waals surface area contributed by atoms with Crippen LogP contribution in [0.4, 0.5) is 5.69 Å². The second-order valence-electron chi connectivity index (χ2n) is 12.8. The van der Waals surface area contributed by atoms with Crippen LogP contribution in [0.5, 0.6) is 0 Å². The number of sulfonamides is 1. The highest BCUT2D eigenvalue weighted by atomic mass is 35.5. The van der Waals surface area contributed by atoms with Crippen molar-refractivity contribution in [3.63, 3.8) is 0 Å². The van der Waals surface area contributed by atoms with Crippen molar-refractivity contribution in [1.29, 1.82) is 0 Å². The van der Waals surface area contributed by atoms with Gasteiger partial charge in [-0.1, -0.05) is 115 Å². The van der Waals surface area contributed by atoms with Gasteiger partial charge in [-0.3, -0.25) is 13.9 Å². The van der Waals surface area contributed by atoms with Gasteiger partial charge in [-0.2, -0.15) is 0 Å². The Bertz CT molecular complexity index is 1820. The summed E-state index contributed by atoms with van der Waals surface area (Å²) in [6, 6.07) is 28.1. The summed E-state index contributed by atoms with van der Waals surface area (Å²) in [6.45, 7) is 5.29. The first kappa shape index (κ1) is 35.2. The fourth-order valence-corrected chi connectivity index (χ4v) is 7.79. The van der Waals surface area contributed by atoms with E-state index in [1.165, 1.54) is 12.1 Å². The van der Waals surface area contributed by atoms with Crippen molar-refractivity contribution in [3.8, 4) is 0 Å². The van der Waals surface area contributed by atoms with Crippen LogP contribution in [0, 0.1) is 20.8 Å². The molecule has 0 unspecified atom stereocenters. The highest BCUT2D eigenvalue weighted by Crippen LogP contribution is 2.29. The monoisotopic (exact) mass is 685 g/mol. The van der Waals surface area contributed by atoms with Gasteiger partial charge in [-0.15, -0.1) is 0 Å². The SMILES string of the molecule is Cc1ccc(S(=O)(=O)N(CC(=O)N(Cc2cccc(C)c2)[C@H](Cc2ccccc2)C(=O)NC2CCCCC2)c2ccc(C)c(Cl)c2)cc1. The van der Waals surface area contributed by atoms with Crippen LogP contribution in [-0.2, 0) is 32.6 Å². The minimum atomic E-state index is -4.21. The van der Waals surface area contributed by atoms with Crippen molar-refractivity contribution >= 4 is 39.1 Å². The van der Waals surface area contributed by atoms with E-state index in [0.717, 1.165) is 64.2 Å².